The van der Waals surface area contributed by atoms with Gasteiger partial charge in [0.1, 0.15) is 17.0 Å². The van der Waals surface area contributed by atoms with Crippen LogP contribution < -0.4 is 10.4 Å². The number of hydrogen-bond donors (Lipinski definition) is 1. The van der Waals surface area contributed by atoms with Gasteiger partial charge in [-0.1, -0.05) is 18.5 Å². The Kier molecular flexibility index (Phi) is 5.58. The first kappa shape index (κ1) is 15.3. The highest BCUT2D eigenvalue weighted by atomic mass is 35.5. The normalized spacial score (nSPS) is 9.84. The first-order chi connectivity index (χ1) is 9.03. The quantitative estimate of drug-likeness (QED) is 0.665. The lowest BCUT2D eigenvalue weighted by Gasteiger charge is -2.23. The van der Waals surface area contributed by atoms with Crippen LogP contribution in [-0.4, -0.2) is 17.4 Å². The van der Waals surface area contributed by atoms with Crippen LogP contribution in [0.3, 0.4) is 0 Å². The molecule has 1 aromatic heterocycles. The molecule has 0 spiro atoms. The fraction of sp³-hybridized carbons (Fsp3) is 0.462. The molecule has 0 aliphatic rings. The van der Waals surface area contributed by atoms with Crippen molar-refractivity contribution in [2.24, 2.45) is 0 Å². The number of amides is 1. The van der Waals surface area contributed by atoms with Crippen LogP contribution in [0.2, 0.25) is 5.15 Å². The van der Waals surface area contributed by atoms with Gasteiger partial charge in [-0.15, -0.1) is 0 Å². The summed E-state index contributed by atoms with van der Waals surface area (Å²) in [6, 6.07) is 3.74. The molecule has 1 N–H and O–H groups in total. The second-order valence-electron chi connectivity index (χ2n) is 4.10. The summed E-state index contributed by atoms with van der Waals surface area (Å²) in [5, 5.41) is 10.7. The topological polar surface area (TPSA) is 69.0 Å². The van der Waals surface area contributed by atoms with Gasteiger partial charge < -0.3 is 0 Å². The summed E-state index contributed by atoms with van der Waals surface area (Å²) in [7, 11) is 0. The highest BCUT2D eigenvalue weighted by Crippen LogP contribution is 2.22. The minimum Gasteiger partial charge on any atom is -0.273 e. The lowest BCUT2D eigenvalue weighted by Crippen LogP contribution is -2.42. The van der Waals surface area contributed by atoms with Crippen LogP contribution in [0, 0.1) is 18.3 Å². The summed E-state index contributed by atoms with van der Waals surface area (Å²) in [5.41, 5.74) is 3.87. The zero-order chi connectivity index (χ0) is 14.4. The average molecular weight is 281 g/mol. The Morgan fingerprint density at radius 3 is 2.74 bits per heavy atom. The Bertz CT molecular complexity index is 487. The molecule has 0 radical (unpaired) electrons. The number of pyridine rings is 1. The van der Waals surface area contributed by atoms with Crippen molar-refractivity contribution in [2.45, 2.75) is 33.6 Å². The van der Waals surface area contributed by atoms with Gasteiger partial charge in [-0.3, -0.25) is 15.2 Å². The van der Waals surface area contributed by atoms with Gasteiger partial charge in [0.15, 0.2) is 0 Å². The molecule has 1 aromatic rings. The zero-order valence-corrected chi connectivity index (χ0v) is 12.1. The Balaban J connectivity index is 3.00. The molecule has 1 heterocycles. The van der Waals surface area contributed by atoms with E-state index in [2.05, 4.69) is 10.4 Å². The summed E-state index contributed by atoms with van der Waals surface area (Å²) in [5.74, 6) is 0.470. The number of carbonyl (C=O) groups is 1. The first-order valence-electron chi connectivity index (χ1n) is 6.17. The van der Waals surface area contributed by atoms with E-state index in [1.165, 1.54) is 0 Å². The molecule has 5 nitrogen and oxygen atoms in total. The van der Waals surface area contributed by atoms with Crippen molar-refractivity contribution in [3.8, 4) is 6.07 Å². The zero-order valence-electron chi connectivity index (χ0n) is 11.3. The lowest BCUT2D eigenvalue weighted by atomic mass is 10.2. The number of anilines is 1. The van der Waals surface area contributed by atoms with Gasteiger partial charge in [-0.2, -0.15) is 5.26 Å². The van der Waals surface area contributed by atoms with Gasteiger partial charge in [-0.25, -0.2) is 4.98 Å². The van der Waals surface area contributed by atoms with Crippen molar-refractivity contribution < 1.29 is 4.79 Å². The van der Waals surface area contributed by atoms with Crippen LogP contribution in [0.1, 0.15) is 37.8 Å². The van der Waals surface area contributed by atoms with E-state index in [1.54, 1.807) is 18.0 Å². The van der Waals surface area contributed by atoms with Crippen molar-refractivity contribution in [3.05, 3.63) is 22.3 Å². The lowest BCUT2D eigenvalue weighted by molar-refractivity contribution is -0.121. The molecule has 1 amide bonds. The maximum absolute atomic E-state index is 11.6. The molecule has 0 unspecified atom stereocenters. The standard InChI is InChI=1S/C13H17ClN4O/c1-4-6-12(19)17-18(5-2)11-7-9(3)10(8-15)13(14)16-11/h7H,4-6H2,1-3H3,(H,17,19). The second-order valence-corrected chi connectivity index (χ2v) is 4.46. The molecule has 0 saturated heterocycles. The number of nitriles is 1. The van der Waals surface area contributed by atoms with E-state index >= 15 is 0 Å². The Morgan fingerprint density at radius 2 is 2.26 bits per heavy atom. The Labute approximate surface area is 118 Å². The van der Waals surface area contributed by atoms with Crippen molar-refractivity contribution in [3.63, 3.8) is 0 Å². The van der Waals surface area contributed by atoms with Crippen molar-refractivity contribution in [1.29, 1.82) is 5.26 Å². The highest BCUT2D eigenvalue weighted by molar-refractivity contribution is 6.30. The van der Waals surface area contributed by atoms with Gasteiger partial charge in [0.05, 0.1) is 5.56 Å². The number of hydrogen-bond acceptors (Lipinski definition) is 4. The molecular formula is C13H17ClN4O. The van der Waals surface area contributed by atoms with Crippen LogP contribution in [0.25, 0.3) is 0 Å². The van der Waals surface area contributed by atoms with Crippen molar-refractivity contribution in [2.75, 3.05) is 11.6 Å². The monoisotopic (exact) mass is 280 g/mol. The molecule has 0 saturated carbocycles. The van der Waals surface area contributed by atoms with E-state index < -0.39 is 0 Å². The highest BCUT2D eigenvalue weighted by Gasteiger charge is 2.13. The minimum absolute atomic E-state index is 0.0655. The molecule has 0 aliphatic carbocycles. The number of nitrogens with zero attached hydrogens (tertiary/aromatic N) is 3. The first-order valence-corrected chi connectivity index (χ1v) is 6.55. The predicted octanol–water partition coefficient (Wildman–Crippen LogP) is 2.57. The number of hydrazine groups is 1. The van der Waals surface area contributed by atoms with E-state index in [-0.39, 0.29) is 11.1 Å². The summed E-state index contributed by atoms with van der Waals surface area (Å²) in [6.45, 7) is 6.19. The van der Waals surface area contributed by atoms with Gasteiger partial charge in [0.2, 0.25) is 5.91 Å². The smallest absolute Gasteiger partial charge is 0.238 e. The van der Waals surface area contributed by atoms with E-state index in [0.717, 1.165) is 12.0 Å². The van der Waals surface area contributed by atoms with Crippen molar-refractivity contribution >= 4 is 23.3 Å². The molecular weight excluding hydrogens is 264 g/mol. The SMILES string of the molecule is CCCC(=O)NN(CC)c1cc(C)c(C#N)c(Cl)n1. The Morgan fingerprint density at radius 1 is 1.58 bits per heavy atom. The molecule has 0 aromatic carbocycles. The number of aromatic nitrogens is 1. The van der Waals surface area contributed by atoms with Crippen LogP contribution >= 0.6 is 11.6 Å². The molecule has 0 fully saturated rings. The van der Waals surface area contributed by atoms with Crippen LogP contribution in [0.15, 0.2) is 6.07 Å². The maximum Gasteiger partial charge on any atom is 0.238 e. The molecule has 102 valence electrons. The number of nitrogens with one attached hydrogen (secondary N) is 1. The maximum atomic E-state index is 11.6. The van der Waals surface area contributed by atoms with Crippen LogP contribution in [-0.2, 0) is 4.79 Å². The van der Waals surface area contributed by atoms with Gasteiger partial charge in [0.25, 0.3) is 0 Å². The van der Waals surface area contributed by atoms with E-state index in [4.69, 9.17) is 16.9 Å². The van der Waals surface area contributed by atoms with Gasteiger partial charge >= 0.3 is 0 Å². The van der Waals surface area contributed by atoms with Gasteiger partial charge in [0, 0.05) is 13.0 Å². The average Bonchev–Trinajstić information content (AvgIpc) is 2.35. The molecule has 0 aliphatic heterocycles. The third kappa shape index (κ3) is 3.83. The largest absolute Gasteiger partial charge is 0.273 e. The summed E-state index contributed by atoms with van der Waals surface area (Å²) >= 11 is 5.96. The fourth-order valence-corrected chi connectivity index (χ4v) is 1.90. The summed E-state index contributed by atoms with van der Waals surface area (Å²) < 4.78 is 0. The van der Waals surface area contributed by atoms with E-state index in [0.29, 0.717) is 24.3 Å². The second kappa shape index (κ2) is 6.95. The molecule has 19 heavy (non-hydrogen) atoms. The predicted molar refractivity (Wildman–Crippen MR) is 74.8 cm³/mol. The van der Waals surface area contributed by atoms with Crippen molar-refractivity contribution in [1.82, 2.24) is 10.4 Å². The summed E-state index contributed by atoms with van der Waals surface area (Å²) in [4.78, 5) is 15.8. The number of carbonyl (C=O) groups excluding carboxylic acids is 1. The summed E-state index contributed by atoms with van der Waals surface area (Å²) in [6.07, 6.45) is 1.24. The molecule has 1 rings (SSSR count). The molecule has 6 heteroatoms. The minimum atomic E-state index is -0.0655. The molecule has 0 bridgehead atoms. The van der Waals surface area contributed by atoms with Crippen LogP contribution in [0.5, 0.6) is 0 Å². The number of rotatable bonds is 5. The van der Waals surface area contributed by atoms with E-state index in [9.17, 15) is 4.79 Å². The van der Waals surface area contributed by atoms with Gasteiger partial charge in [-0.05, 0) is 31.9 Å². The van der Waals surface area contributed by atoms with E-state index in [1.807, 2.05) is 19.9 Å². The third-order valence-electron chi connectivity index (χ3n) is 2.60. The van der Waals surface area contributed by atoms with Crippen LogP contribution in [0.4, 0.5) is 5.82 Å². The third-order valence-corrected chi connectivity index (χ3v) is 2.87. The Hall–Kier alpha value is -1.80. The number of halogens is 1. The fourth-order valence-electron chi connectivity index (χ4n) is 1.62. The number of aryl methyl sites for hydroxylation is 1. The molecule has 0 atom stereocenters.